The van der Waals surface area contributed by atoms with E-state index in [1.807, 2.05) is 17.0 Å². The number of nitrogens with zero attached hydrogens (tertiary/aromatic N) is 2. The molecule has 3 fully saturated rings. The van der Waals surface area contributed by atoms with E-state index in [0.717, 1.165) is 42.6 Å². The minimum absolute atomic E-state index is 0.0335. The smallest absolute Gasteiger partial charge is 0.266 e. The highest BCUT2D eigenvalue weighted by Crippen LogP contribution is 2.59. The van der Waals surface area contributed by atoms with Crippen molar-refractivity contribution in [2.75, 3.05) is 23.3 Å². The number of hydrogen-bond acceptors (Lipinski definition) is 6. The number of para-hydroxylation sites is 1. The molecule has 8 nitrogen and oxygen atoms in total. The van der Waals surface area contributed by atoms with Crippen LogP contribution in [-0.2, 0) is 26.7 Å². The lowest BCUT2D eigenvalue weighted by molar-refractivity contribution is -0.118. The normalized spacial score (nSPS) is 23.3. The van der Waals surface area contributed by atoms with E-state index in [0.29, 0.717) is 18.1 Å². The molecule has 3 aromatic rings. The summed E-state index contributed by atoms with van der Waals surface area (Å²) in [4.78, 5) is 14.6. The van der Waals surface area contributed by atoms with E-state index in [1.54, 1.807) is 18.2 Å². The minimum atomic E-state index is -3.93. The van der Waals surface area contributed by atoms with Gasteiger partial charge in [-0.05, 0) is 61.4 Å². The molecule has 0 radical (unpaired) electrons. The predicted octanol–water partition coefficient (Wildman–Crippen LogP) is 3.72. The Hall–Kier alpha value is -3.33. The maximum absolute atomic E-state index is 13.2. The van der Waals surface area contributed by atoms with Gasteiger partial charge in [0.15, 0.2) is 11.6 Å². The fourth-order valence-corrected chi connectivity index (χ4v) is 6.88. The first kappa shape index (κ1) is 20.1. The third-order valence-electron chi connectivity index (χ3n) is 7.80. The van der Waals surface area contributed by atoms with Gasteiger partial charge in [0.25, 0.3) is 10.0 Å². The third-order valence-corrected chi connectivity index (χ3v) is 9.18. The van der Waals surface area contributed by atoms with E-state index >= 15 is 0 Å². The number of fused-ring (bicyclic) bond motifs is 5. The third kappa shape index (κ3) is 2.79. The van der Waals surface area contributed by atoms with Crippen LogP contribution in [0, 0.1) is 11.8 Å². The van der Waals surface area contributed by atoms with Crippen LogP contribution in [0.3, 0.4) is 0 Å². The first-order chi connectivity index (χ1) is 16.4. The number of aromatic nitrogens is 1. The fraction of sp³-hybridized carbons (Fsp3) is 0.360. The second kappa shape index (κ2) is 6.63. The molecule has 2 atom stereocenters. The van der Waals surface area contributed by atoms with Gasteiger partial charge in [-0.1, -0.05) is 23.4 Å². The predicted molar refractivity (Wildman–Crippen MR) is 124 cm³/mol. The molecule has 1 spiro atoms. The number of piperidine rings is 1. The molecule has 34 heavy (non-hydrogen) atoms. The number of rotatable bonds is 5. The summed E-state index contributed by atoms with van der Waals surface area (Å²) in [7, 11) is -2.50. The van der Waals surface area contributed by atoms with Gasteiger partial charge in [-0.3, -0.25) is 9.52 Å². The van der Waals surface area contributed by atoms with Crippen LogP contribution in [-0.4, -0.2) is 33.1 Å². The average molecular weight is 478 g/mol. The Morgan fingerprint density at radius 3 is 2.76 bits per heavy atom. The van der Waals surface area contributed by atoms with Gasteiger partial charge in [0.05, 0.1) is 7.11 Å². The lowest BCUT2D eigenvalue weighted by Gasteiger charge is -2.27. The summed E-state index contributed by atoms with van der Waals surface area (Å²) in [6.07, 6.45) is 3.71. The Morgan fingerprint density at radius 1 is 1.21 bits per heavy atom. The van der Waals surface area contributed by atoms with Gasteiger partial charge in [-0.25, -0.2) is 8.42 Å². The highest BCUT2D eigenvalue weighted by atomic mass is 32.2. The molecule has 0 unspecified atom stereocenters. The highest BCUT2D eigenvalue weighted by molar-refractivity contribution is 7.92. The lowest BCUT2D eigenvalue weighted by Crippen LogP contribution is -2.28. The molecule has 1 aliphatic heterocycles. The SMILES string of the molecule is COc1ccccc1S(=O)(=O)Nc1noc2c1CC1(CC1)c1ccc(N3C[C@@H]4C[C@@H]4C3=O)cc1-2. The summed E-state index contributed by atoms with van der Waals surface area (Å²) in [5.41, 5.74) is 3.69. The van der Waals surface area contributed by atoms with Crippen molar-refractivity contribution in [3.8, 4) is 17.1 Å². The van der Waals surface area contributed by atoms with Crippen LogP contribution in [0.2, 0.25) is 0 Å². The largest absolute Gasteiger partial charge is 0.495 e. The first-order valence-corrected chi connectivity index (χ1v) is 13.0. The highest BCUT2D eigenvalue weighted by Gasteiger charge is 2.54. The number of anilines is 2. The number of methoxy groups -OCH3 is 1. The Balaban J connectivity index is 1.28. The Morgan fingerprint density at radius 2 is 2.03 bits per heavy atom. The van der Waals surface area contributed by atoms with Crippen LogP contribution in [0.1, 0.15) is 30.4 Å². The molecule has 4 aliphatic rings. The maximum Gasteiger partial charge on any atom is 0.266 e. The summed E-state index contributed by atoms with van der Waals surface area (Å²) in [5.74, 6) is 1.91. The zero-order chi connectivity index (χ0) is 23.2. The van der Waals surface area contributed by atoms with E-state index in [9.17, 15) is 13.2 Å². The zero-order valence-corrected chi connectivity index (χ0v) is 19.4. The number of sulfonamides is 1. The molecule has 2 heterocycles. The molecule has 1 aromatic heterocycles. The molecule has 1 saturated heterocycles. The molecule has 7 rings (SSSR count). The number of benzene rings is 2. The van der Waals surface area contributed by atoms with Crippen LogP contribution in [0.5, 0.6) is 5.75 Å². The number of carbonyl (C=O) groups is 1. The van der Waals surface area contributed by atoms with E-state index < -0.39 is 10.0 Å². The quantitative estimate of drug-likeness (QED) is 0.601. The average Bonchev–Trinajstić information content (AvgIpc) is 3.73. The molecular weight excluding hydrogens is 454 g/mol. The maximum atomic E-state index is 13.2. The van der Waals surface area contributed by atoms with Crippen LogP contribution < -0.4 is 14.4 Å². The number of ether oxygens (including phenoxy) is 1. The van der Waals surface area contributed by atoms with E-state index in [2.05, 4.69) is 15.9 Å². The fourth-order valence-electron chi connectivity index (χ4n) is 5.68. The van der Waals surface area contributed by atoms with E-state index in [-0.39, 0.29) is 33.7 Å². The van der Waals surface area contributed by atoms with Crippen molar-refractivity contribution in [2.45, 2.75) is 36.0 Å². The van der Waals surface area contributed by atoms with Gasteiger partial charge in [0, 0.05) is 34.7 Å². The monoisotopic (exact) mass is 477 g/mol. The van der Waals surface area contributed by atoms with Gasteiger partial charge in [0.2, 0.25) is 5.91 Å². The Kier molecular flexibility index (Phi) is 3.91. The van der Waals surface area contributed by atoms with Crippen molar-refractivity contribution < 1.29 is 22.5 Å². The Bertz CT molecular complexity index is 1470. The minimum Gasteiger partial charge on any atom is -0.495 e. The number of amides is 1. The van der Waals surface area contributed by atoms with E-state index in [4.69, 9.17) is 9.26 Å². The van der Waals surface area contributed by atoms with Crippen LogP contribution in [0.25, 0.3) is 11.3 Å². The zero-order valence-electron chi connectivity index (χ0n) is 18.6. The molecule has 2 saturated carbocycles. The molecule has 1 N–H and O–H groups in total. The van der Waals surface area contributed by atoms with E-state index in [1.165, 1.54) is 18.7 Å². The molecule has 0 bridgehead atoms. The van der Waals surface area contributed by atoms with Gasteiger partial charge in [0.1, 0.15) is 10.6 Å². The first-order valence-electron chi connectivity index (χ1n) is 11.5. The van der Waals surface area contributed by atoms with Crippen LogP contribution in [0.4, 0.5) is 11.5 Å². The Labute approximate surface area is 196 Å². The molecular formula is C25H23N3O5S. The topological polar surface area (TPSA) is 102 Å². The van der Waals surface area contributed by atoms with Gasteiger partial charge in [-0.2, -0.15) is 0 Å². The standard InChI is InChI=1S/C25H23N3O5S/c1-32-20-4-2-3-5-21(20)34(30,31)27-23-18-12-25(8-9-25)19-7-6-15(11-17(19)22(18)33-26-23)28-13-14-10-16(14)24(28)29/h2-7,11,14,16H,8-10,12-13H2,1H3,(H,26,27)/t14-,16-/m0/s1. The van der Waals surface area contributed by atoms with Crippen LogP contribution in [0.15, 0.2) is 51.9 Å². The van der Waals surface area contributed by atoms with Crippen LogP contribution >= 0.6 is 0 Å². The van der Waals surface area contributed by atoms with Gasteiger partial charge >= 0.3 is 0 Å². The molecule has 2 aromatic carbocycles. The summed E-state index contributed by atoms with van der Waals surface area (Å²) in [6, 6.07) is 12.6. The van der Waals surface area contributed by atoms with Crippen molar-refractivity contribution in [1.82, 2.24) is 5.16 Å². The van der Waals surface area contributed by atoms with Gasteiger partial charge < -0.3 is 14.2 Å². The van der Waals surface area contributed by atoms with Crippen molar-refractivity contribution in [1.29, 1.82) is 0 Å². The van der Waals surface area contributed by atoms with Gasteiger partial charge in [-0.15, -0.1) is 0 Å². The summed E-state index contributed by atoms with van der Waals surface area (Å²) >= 11 is 0. The summed E-state index contributed by atoms with van der Waals surface area (Å²) in [6.45, 7) is 0.765. The lowest BCUT2D eigenvalue weighted by atomic mass is 9.79. The van der Waals surface area contributed by atoms with Crippen molar-refractivity contribution in [2.24, 2.45) is 11.8 Å². The number of carbonyl (C=O) groups excluding carboxylic acids is 1. The molecule has 174 valence electrons. The molecule has 1 amide bonds. The number of hydrogen-bond donors (Lipinski definition) is 1. The number of nitrogens with one attached hydrogen (secondary N) is 1. The molecule has 9 heteroatoms. The second-order valence-electron chi connectivity index (χ2n) is 9.83. The van der Waals surface area contributed by atoms with Crippen molar-refractivity contribution in [3.05, 3.63) is 53.6 Å². The second-order valence-corrected chi connectivity index (χ2v) is 11.5. The summed E-state index contributed by atoms with van der Waals surface area (Å²) < 4.78 is 39.9. The van der Waals surface area contributed by atoms with Crippen molar-refractivity contribution in [3.63, 3.8) is 0 Å². The summed E-state index contributed by atoms with van der Waals surface area (Å²) in [5, 5.41) is 4.13. The van der Waals surface area contributed by atoms with Crippen molar-refractivity contribution >= 4 is 27.4 Å². The molecule has 3 aliphatic carbocycles.